The van der Waals surface area contributed by atoms with Crippen molar-refractivity contribution < 1.29 is 22.7 Å². The van der Waals surface area contributed by atoms with Crippen LogP contribution in [0.25, 0.3) is 0 Å². The minimum absolute atomic E-state index is 0.128. The second kappa shape index (κ2) is 11.9. The van der Waals surface area contributed by atoms with Crippen molar-refractivity contribution >= 4 is 57.0 Å². The first-order chi connectivity index (χ1) is 18.2. The van der Waals surface area contributed by atoms with Crippen LogP contribution in [0.2, 0.25) is 10.0 Å². The molecule has 4 aromatic rings. The first kappa shape index (κ1) is 26.9. The molecule has 1 amide bonds. The number of anilines is 1. The molecule has 4 rings (SSSR count). The third-order valence-corrected chi connectivity index (χ3v) is 7.00. The first-order valence-corrected chi connectivity index (χ1v) is 13.2. The first-order valence-electron chi connectivity index (χ1n) is 11.0. The van der Waals surface area contributed by atoms with Gasteiger partial charge in [-0.2, -0.15) is 5.10 Å². The van der Waals surface area contributed by atoms with E-state index in [-0.39, 0.29) is 26.8 Å². The molecule has 0 fully saturated rings. The Labute approximate surface area is 228 Å². The van der Waals surface area contributed by atoms with Crippen molar-refractivity contribution in [1.29, 1.82) is 0 Å². The number of rotatable bonds is 8. The average Bonchev–Trinajstić information content (AvgIpc) is 2.89. The lowest BCUT2D eigenvalue weighted by molar-refractivity contribution is 0.0734. The molecule has 0 spiro atoms. The molecule has 2 N–H and O–H groups in total. The zero-order valence-corrected chi connectivity index (χ0v) is 21.8. The Morgan fingerprint density at radius 1 is 0.842 bits per heavy atom. The van der Waals surface area contributed by atoms with E-state index in [1.807, 2.05) is 0 Å². The van der Waals surface area contributed by atoms with E-state index in [1.165, 1.54) is 60.8 Å². The van der Waals surface area contributed by atoms with E-state index in [0.29, 0.717) is 16.3 Å². The fourth-order valence-corrected chi connectivity index (χ4v) is 4.77. The number of ether oxygens (including phenoxy) is 1. The Morgan fingerprint density at radius 2 is 1.58 bits per heavy atom. The van der Waals surface area contributed by atoms with Gasteiger partial charge in [-0.05, 0) is 72.3 Å². The zero-order chi connectivity index (χ0) is 27.1. The lowest BCUT2D eigenvalue weighted by Gasteiger charge is -2.08. The van der Waals surface area contributed by atoms with Crippen LogP contribution >= 0.6 is 23.2 Å². The summed E-state index contributed by atoms with van der Waals surface area (Å²) in [6, 6.07) is 24.8. The highest BCUT2D eigenvalue weighted by molar-refractivity contribution is 7.92. The summed E-state index contributed by atoms with van der Waals surface area (Å²) in [7, 11) is -3.74. The molecule has 0 atom stereocenters. The Bertz CT molecular complexity index is 1610. The van der Waals surface area contributed by atoms with Gasteiger partial charge in [0.15, 0.2) is 0 Å². The molecule has 0 unspecified atom stereocenters. The normalized spacial score (nSPS) is 11.2. The number of hydrogen-bond acceptors (Lipinski definition) is 6. The van der Waals surface area contributed by atoms with Gasteiger partial charge in [-0.15, -0.1) is 0 Å². The maximum absolute atomic E-state index is 12.4. The quantitative estimate of drug-likeness (QED) is 0.121. The topological polar surface area (TPSA) is 114 Å². The van der Waals surface area contributed by atoms with E-state index in [2.05, 4.69) is 15.2 Å². The molecule has 0 saturated carbocycles. The molecular formula is C27H19Cl2N3O5S. The molecule has 0 saturated heterocycles. The Kier molecular flexibility index (Phi) is 8.42. The number of hydrogen-bond donors (Lipinski definition) is 2. The number of benzene rings is 4. The fraction of sp³-hybridized carbons (Fsp3) is 0. The van der Waals surface area contributed by atoms with Crippen LogP contribution in [-0.4, -0.2) is 26.5 Å². The minimum atomic E-state index is -3.74. The number of esters is 1. The van der Waals surface area contributed by atoms with Crippen molar-refractivity contribution in [3.8, 4) is 5.75 Å². The summed E-state index contributed by atoms with van der Waals surface area (Å²) in [5.41, 5.74) is 3.70. The zero-order valence-electron chi connectivity index (χ0n) is 19.5. The van der Waals surface area contributed by atoms with Crippen molar-refractivity contribution in [2.24, 2.45) is 5.10 Å². The predicted octanol–water partition coefficient (Wildman–Crippen LogP) is 5.78. The third-order valence-electron chi connectivity index (χ3n) is 5.05. The van der Waals surface area contributed by atoms with Gasteiger partial charge >= 0.3 is 5.97 Å². The molecule has 0 radical (unpaired) electrons. The largest absolute Gasteiger partial charge is 0.423 e. The number of amides is 1. The van der Waals surface area contributed by atoms with Gasteiger partial charge in [0.1, 0.15) is 5.75 Å². The molecule has 0 heterocycles. The standard InChI is InChI=1S/C27H19Cl2N3O5S/c28-20-11-14-24(25(29)16-20)27(34)37-22-6-4-5-18(15-22)17-30-31-26(33)19-9-12-21(13-10-19)32-38(35,36)23-7-2-1-3-8-23/h1-17,32H,(H,31,33). The fourth-order valence-electron chi connectivity index (χ4n) is 3.21. The minimum Gasteiger partial charge on any atom is -0.423 e. The third kappa shape index (κ3) is 6.98. The van der Waals surface area contributed by atoms with Gasteiger partial charge in [-0.25, -0.2) is 18.6 Å². The van der Waals surface area contributed by atoms with Crippen LogP contribution in [0.5, 0.6) is 5.75 Å². The lowest BCUT2D eigenvalue weighted by atomic mass is 10.2. The van der Waals surface area contributed by atoms with Crippen LogP contribution in [0.3, 0.4) is 0 Å². The van der Waals surface area contributed by atoms with Crippen LogP contribution in [0, 0.1) is 0 Å². The molecule has 0 bridgehead atoms. The highest BCUT2D eigenvalue weighted by atomic mass is 35.5. The summed E-state index contributed by atoms with van der Waals surface area (Å²) < 4.78 is 32.7. The number of nitrogens with zero attached hydrogens (tertiary/aromatic N) is 1. The van der Waals surface area contributed by atoms with E-state index in [0.717, 1.165) is 0 Å². The summed E-state index contributed by atoms with van der Waals surface area (Å²) in [4.78, 5) is 25.0. The molecule has 192 valence electrons. The summed E-state index contributed by atoms with van der Waals surface area (Å²) in [5, 5.41) is 4.50. The molecule has 0 aromatic heterocycles. The van der Waals surface area contributed by atoms with E-state index in [9.17, 15) is 18.0 Å². The SMILES string of the molecule is O=C(NN=Cc1cccc(OC(=O)c2ccc(Cl)cc2Cl)c1)c1ccc(NS(=O)(=O)c2ccccc2)cc1. The average molecular weight is 568 g/mol. The predicted molar refractivity (Wildman–Crippen MR) is 147 cm³/mol. The molecule has 0 aliphatic heterocycles. The summed E-state index contributed by atoms with van der Waals surface area (Å²) >= 11 is 11.9. The number of carbonyl (C=O) groups is 2. The van der Waals surface area contributed by atoms with Gasteiger partial charge in [-0.1, -0.05) is 53.5 Å². The van der Waals surface area contributed by atoms with Crippen molar-refractivity contribution in [1.82, 2.24) is 5.43 Å². The van der Waals surface area contributed by atoms with E-state index < -0.39 is 21.9 Å². The molecule has 8 nitrogen and oxygen atoms in total. The van der Waals surface area contributed by atoms with E-state index in [4.69, 9.17) is 27.9 Å². The van der Waals surface area contributed by atoms with Gasteiger partial charge in [0.05, 0.1) is 21.7 Å². The lowest BCUT2D eigenvalue weighted by Crippen LogP contribution is -2.18. The van der Waals surface area contributed by atoms with Crippen LogP contribution in [0.4, 0.5) is 5.69 Å². The van der Waals surface area contributed by atoms with Gasteiger partial charge in [0.25, 0.3) is 15.9 Å². The van der Waals surface area contributed by atoms with Gasteiger partial charge < -0.3 is 4.74 Å². The Morgan fingerprint density at radius 3 is 2.29 bits per heavy atom. The summed E-state index contributed by atoms with van der Waals surface area (Å²) in [6.07, 6.45) is 1.38. The van der Waals surface area contributed by atoms with Gasteiger partial charge in [-0.3, -0.25) is 9.52 Å². The molecule has 38 heavy (non-hydrogen) atoms. The number of hydrazone groups is 1. The second-order valence-electron chi connectivity index (χ2n) is 7.78. The number of nitrogens with one attached hydrogen (secondary N) is 2. The smallest absolute Gasteiger partial charge is 0.345 e. The second-order valence-corrected chi connectivity index (χ2v) is 10.3. The summed E-state index contributed by atoms with van der Waals surface area (Å²) in [5.74, 6) is -0.896. The monoisotopic (exact) mass is 567 g/mol. The molecule has 0 aliphatic carbocycles. The number of halogens is 2. The number of carbonyl (C=O) groups excluding carboxylic acids is 2. The van der Waals surface area contributed by atoms with Crippen LogP contribution in [-0.2, 0) is 10.0 Å². The Balaban J connectivity index is 1.35. The molecule has 11 heteroatoms. The highest BCUT2D eigenvalue weighted by Gasteiger charge is 2.15. The van der Waals surface area contributed by atoms with E-state index in [1.54, 1.807) is 42.5 Å². The highest BCUT2D eigenvalue weighted by Crippen LogP contribution is 2.23. The van der Waals surface area contributed by atoms with E-state index >= 15 is 0 Å². The Hall–Kier alpha value is -4.18. The van der Waals surface area contributed by atoms with Crippen molar-refractivity contribution in [2.45, 2.75) is 4.90 Å². The van der Waals surface area contributed by atoms with Crippen LogP contribution in [0.15, 0.2) is 107 Å². The van der Waals surface area contributed by atoms with Crippen molar-refractivity contribution in [3.05, 3.63) is 124 Å². The molecule has 0 aliphatic rings. The maximum Gasteiger partial charge on any atom is 0.345 e. The number of sulfonamides is 1. The molecule has 4 aromatic carbocycles. The van der Waals surface area contributed by atoms with Crippen LogP contribution in [0.1, 0.15) is 26.3 Å². The van der Waals surface area contributed by atoms with Gasteiger partial charge in [0.2, 0.25) is 0 Å². The summed E-state index contributed by atoms with van der Waals surface area (Å²) in [6.45, 7) is 0. The van der Waals surface area contributed by atoms with Gasteiger partial charge in [0, 0.05) is 16.3 Å². The molecular weight excluding hydrogens is 549 g/mol. The van der Waals surface area contributed by atoms with Crippen molar-refractivity contribution in [3.63, 3.8) is 0 Å². The van der Waals surface area contributed by atoms with Crippen molar-refractivity contribution in [2.75, 3.05) is 4.72 Å². The maximum atomic E-state index is 12.4. The van der Waals surface area contributed by atoms with Crippen LogP contribution < -0.4 is 14.9 Å².